The number of urea groups is 1. The molecule has 5 rings (SSSR count). The average Bonchev–Trinajstić information content (AvgIpc) is 3.70. The van der Waals surface area contributed by atoms with E-state index in [1.165, 1.54) is 24.2 Å². The molecule has 0 radical (unpaired) electrons. The Kier molecular flexibility index (Phi) is 7.58. The van der Waals surface area contributed by atoms with E-state index in [1.807, 2.05) is 42.5 Å². The monoisotopic (exact) mass is 526 g/mol. The van der Waals surface area contributed by atoms with Crippen LogP contribution in [-0.2, 0) is 22.5 Å². The molecular formula is C28H26N6O5. The first kappa shape index (κ1) is 25.6. The highest BCUT2D eigenvalue weighted by atomic mass is 16.5. The fourth-order valence-electron chi connectivity index (χ4n) is 4.00. The molecule has 39 heavy (non-hydrogen) atoms. The van der Waals surface area contributed by atoms with Crippen LogP contribution < -0.4 is 15.3 Å². The van der Waals surface area contributed by atoms with E-state index in [0.29, 0.717) is 28.6 Å². The number of benzene rings is 2. The molecule has 198 valence electrons. The quantitative estimate of drug-likeness (QED) is 0.242. The van der Waals surface area contributed by atoms with Crippen molar-refractivity contribution in [3.8, 4) is 0 Å². The van der Waals surface area contributed by atoms with Gasteiger partial charge in [-0.3, -0.25) is 14.6 Å². The maximum atomic E-state index is 12.6. The van der Waals surface area contributed by atoms with Crippen LogP contribution in [0.5, 0.6) is 0 Å². The zero-order valence-corrected chi connectivity index (χ0v) is 21.2. The number of nitrogens with zero attached hydrogens (tertiary/aromatic N) is 4. The molecular weight excluding hydrogens is 500 g/mol. The van der Waals surface area contributed by atoms with Gasteiger partial charge in [-0.1, -0.05) is 36.4 Å². The van der Waals surface area contributed by atoms with Gasteiger partial charge in [-0.25, -0.2) is 4.79 Å². The maximum Gasteiger partial charge on any atom is 0.339 e. The number of rotatable bonds is 9. The SMILES string of the molecule is COC(=O)c1ccc(C[n+]2cc([N-]C(=O)Nc3cc(NC(=O)Cc4ccccc4)cc(C4CC4)c3)on2)nc1. The van der Waals surface area contributed by atoms with Gasteiger partial charge < -0.3 is 25.2 Å². The van der Waals surface area contributed by atoms with E-state index in [2.05, 4.69) is 30.9 Å². The lowest BCUT2D eigenvalue weighted by Crippen LogP contribution is -2.35. The number of hydrogen-bond acceptors (Lipinski definition) is 7. The molecule has 3 amide bonds. The van der Waals surface area contributed by atoms with Gasteiger partial charge in [-0.05, 0) is 64.5 Å². The van der Waals surface area contributed by atoms with E-state index in [4.69, 9.17) is 4.52 Å². The Morgan fingerprint density at radius 3 is 2.51 bits per heavy atom. The van der Waals surface area contributed by atoms with E-state index in [1.54, 1.807) is 18.2 Å². The van der Waals surface area contributed by atoms with E-state index < -0.39 is 12.0 Å². The summed E-state index contributed by atoms with van der Waals surface area (Å²) in [5, 5.41) is 13.5. The standard InChI is InChI=1S/C28H26N6O5/c1-38-27(36)20-9-10-22(29-15-20)16-34-17-26(39-33-34)32-28(37)31-24-13-21(19-7-8-19)12-23(14-24)30-25(35)11-18-5-3-2-4-6-18/h2-6,9-10,12-15,17,19H,7-8,11,16H2,1H3,(H2-,30,31,32,33,35,37). The lowest BCUT2D eigenvalue weighted by molar-refractivity contribution is -0.755. The second-order valence-corrected chi connectivity index (χ2v) is 9.14. The summed E-state index contributed by atoms with van der Waals surface area (Å²) in [6, 6.07) is 17.6. The zero-order chi connectivity index (χ0) is 27.2. The summed E-state index contributed by atoms with van der Waals surface area (Å²) in [5.41, 5.74) is 4.05. The molecule has 0 bridgehead atoms. The number of carbonyl (C=O) groups excluding carboxylic acids is 3. The summed E-state index contributed by atoms with van der Waals surface area (Å²) in [6.07, 6.45) is 5.26. The molecule has 0 saturated heterocycles. The normalized spacial score (nSPS) is 12.4. The molecule has 4 aromatic rings. The summed E-state index contributed by atoms with van der Waals surface area (Å²) in [4.78, 5) is 41.0. The lowest BCUT2D eigenvalue weighted by Gasteiger charge is -2.17. The first-order valence-corrected chi connectivity index (χ1v) is 12.4. The molecule has 2 aromatic heterocycles. The van der Waals surface area contributed by atoms with Gasteiger partial charge in [0.05, 0.1) is 19.1 Å². The van der Waals surface area contributed by atoms with Crippen LogP contribution in [0.4, 0.5) is 22.1 Å². The third-order valence-corrected chi connectivity index (χ3v) is 6.03. The minimum atomic E-state index is -0.645. The van der Waals surface area contributed by atoms with Gasteiger partial charge in [-0.2, -0.15) is 0 Å². The van der Waals surface area contributed by atoms with Gasteiger partial charge in [0, 0.05) is 11.9 Å². The second kappa shape index (κ2) is 11.5. The van der Waals surface area contributed by atoms with Gasteiger partial charge in [0.1, 0.15) is 5.69 Å². The van der Waals surface area contributed by atoms with E-state index in [-0.39, 0.29) is 24.8 Å². The molecule has 1 saturated carbocycles. The number of anilines is 2. The molecule has 0 aliphatic heterocycles. The van der Waals surface area contributed by atoms with Crippen LogP contribution in [-0.4, -0.2) is 35.3 Å². The van der Waals surface area contributed by atoms with Crippen molar-refractivity contribution in [3.05, 3.63) is 101 Å². The number of esters is 1. The van der Waals surface area contributed by atoms with Crippen LogP contribution >= 0.6 is 0 Å². The van der Waals surface area contributed by atoms with Gasteiger partial charge in [0.15, 0.2) is 11.3 Å². The Morgan fingerprint density at radius 2 is 1.82 bits per heavy atom. The number of amides is 3. The molecule has 2 aromatic carbocycles. The van der Waals surface area contributed by atoms with Gasteiger partial charge in [-0.15, -0.1) is 0 Å². The van der Waals surface area contributed by atoms with Gasteiger partial charge in [0.2, 0.25) is 24.5 Å². The molecule has 1 fully saturated rings. The largest absolute Gasteiger partial charge is 0.465 e. The Labute approximate surface area is 224 Å². The van der Waals surface area contributed by atoms with E-state index in [0.717, 1.165) is 24.0 Å². The lowest BCUT2D eigenvalue weighted by atomic mass is 10.1. The third-order valence-electron chi connectivity index (χ3n) is 6.03. The molecule has 1 aliphatic carbocycles. The second-order valence-electron chi connectivity index (χ2n) is 9.14. The first-order chi connectivity index (χ1) is 18.9. The van der Waals surface area contributed by atoms with E-state index >= 15 is 0 Å². The van der Waals surface area contributed by atoms with Crippen molar-refractivity contribution in [3.63, 3.8) is 0 Å². The van der Waals surface area contributed by atoms with Crippen LogP contribution in [0.2, 0.25) is 0 Å². The van der Waals surface area contributed by atoms with Crippen molar-refractivity contribution in [2.75, 3.05) is 17.7 Å². The maximum absolute atomic E-state index is 12.6. The fourth-order valence-corrected chi connectivity index (χ4v) is 4.00. The van der Waals surface area contributed by atoms with E-state index in [9.17, 15) is 14.4 Å². The third kappa shape index (κ3) is 7.04. The minimum Gasteiger partial charge on any atom is -0.465 e. The van der Waals surface area contributed by atoms with Crippen molar-refractivity contribution in [1.82, 2.24) is 10.3 Å². The molecule has 2 heterocycles. The van der Waals surface area contributed by atoms with Crippen molar-refractivity contribution in [2.45, 2.75) is 31.7 Å². The first-order valence-electron chi connectivity index (χ1n) is 12.4. The van der Waals surface area contributed by atoms with Crippen molar-refractivity contribution in [2.24, 2.45) is 0 Å². The molecule has 0 unspecified atom stereocenters. The fraction of sp³-hybridized carbons (Fsp3) is 0.214. The van der Waals surface area contributed by atoms with Gasteiger partial charge in [0.25, 0.3) is 0 Å². The highest BCUT2D eigenvalue weighted by Gasteiger charge is 2.24. The number of carbonyl (C=O) groups is 3. The highest BCUT2D eigenvalue weighted by Crippen LogP contribution is 2.42. The van der Waals surface area contributed by atoms with Crippen LogP contribution in [0.3, 0.4) is 0 Å². The summed E-state index contributed by atoms with van der Waals surface area (Å²) in [5.74, 6) is -0.197. The number of hydrogen-bond donors (Lipinski definition) is 2. The Bertz CT molecular complexity index is 1480. The average molecular weight is 527 g/mol. The minimum absolute atomic E-state index is 0.00779. The van der Waals surface area contributed by atoms with Crippen molar-refractivity contribution >= 4 is 35.2 Å². The predicted molar refractivity (Wildman–Crippen MR) is 141 cm³/mol. The number of aromatic nitrogens is 3. The topological polar surface area (TPSA) is 141 Å². The number of ether oxygens (including phenoxy) is 1. The number of methoxy groups -OCH3 is 1. The van der Waals surface area contributed by atoms with Crippen molar-refractivity contribution in [1.29, 1.82) is 0 Å². The molecule has 2 N–H and O–H groups in total. The summed E-state index contributed by atoms with van der Waals surface area (Å²) >= 11 is 0. The number of nitrogens with one attached hydrogen (secondary N) is 2. The smallest absolute Gasteiger partial charge is 0.339 e. The van der Waals surface area contributed by atoms with Crippen LogP contribution in [0.25, 0.3) is 5.32 Å². The summed E-state index contributed by atoms with van der Waals surface area (Å²) < 4.78 is 11.3. The molecule has 0 spiro atoms. The zero-order valence-electron chi connectivity index (χ0n) is 21.2. The Hall–Kier alpha value is -5.06. The summed E-state index contributed by atoms with van der Waals surface area (Å²) in [7, 11) is 1.30. The Morgan fingerprint density at radius 1 is 1.05 bits per heavy atom. The molecule has 1 aliphatic rings. The molecule has 0 atom stereocenters. The summed E-state index contributed by atoms with van der Waals surface area (Å²) in [6.45, 7) is 0.248. The Balaban J connectivity index is 1.20. The molecule has 11 nitrogen and oxygen atoms in total. The van der Waals surface area contributed by atoms with Crippen LogP contribution in [0.15, 0.2) is 77.6 Å². The van der Waals surface area contributed by atoms with Gasteiger partial charge >= 0.3 is 5.97 Å². The van der Waals surface area contributed by atoms with Crippen molar-refractivity contribution < 1.29 is 28.3 Å². The van der Waals surface area contributed by atoms with Crippen LogP contribution in [0.1, 0.15) is 45.9 Å². The number of pyridine rings is 1. The molecule has 11 heteroatoms. The highest BCUT2D eigenvalue weighted by molar-refractivity contribution is 6.04. The predicted octanol–water partition coefficient (Wildman–Crippen LogP) is 4.49. The van der Waals surface area contributed by atoms with Crippen LogP contribution in [0, 0.1) is 0 Å².